The van der Waals surface area contributed by atoms with Crippen molar-refractivity contribution >= 4 is 15.9 Å². The Kier molecular flexibility index (Phi) is 4.48. The molecule has 1 amide bonds. The van der Waals surface area contributed by atoms with Crippen molar-refractivity contribution < 1.29 is 17.9 Å². The molecule has 7 nitrogen and oxygen atoms in total. The first kappa shape index (κ1) is 17.4. The first-order valence-electron chi connectivity index (χ1n) is 8.35. The first-order chi connectivity index (χ1) is 11.2. The first-order valence-corrected chi connectivity index (χ1v) is 9.79. The minimum atomic E-state index is -3.65. The molecule has 8 heteroatoms. The molecule has 3 rings (SSSR count). The number of carbonyl (C=O) groups excluding carboxylic acids is 1. The van der Waals surface area contributed by atoms with Crippen LogP contribution >= 0.6 is 0 Å². The van der Waals surface area contributed by atoms with Crippen LogP contribution in [0.5, 0.6) is 0 Å². The average molecular weight is 355 g/mol. The van der Waals surface area contributed by atoms with Crippen molar-refractivity contribution in [2.45, 2.75) is 50.2 Å². The lowest BCUT2D eigenvalue weighted by atomic mass is 10.1. The standard InChI is InChI=1S/C16H25N3O4S/c1-12-10-19(11-16(2,3)23-12)24(21,22)13-8-14(17-9-13)15(20)18-6-4-5-7-18/h8-9,12,17H,4-7,10-11H2,1-3H3. The summed E-state index contributed by atoms with van der Waals surface area (Å²) in [6.07, 6.45) is 3.23. The largest absolute Gasteiger partial charge is 0.370 e. The Morgan fingerprint density at radius 2 is 2.00 bits per heavy atom. The number of rotatable bonds is 3. The van der Waals surface area contributed by atoms with E-state index in [1.807, 2.05) is 20.8 Å². The SMILES string of the molecule is CC1CN(S(=O)(=O)c2c[nH]c(C(=O)N3CCCC3)c2)CC(C)(C)O1. The molecule has 0 spiro atoms. The second-order valence-electron chi connectivity index (χ2n) is 7.23. The van der Waals surface area contributed by atoms with Gasteiger partial charge >= 0.3 is 0 Å². The summed E-state index contributed by atoms with van der Waals surface area (Å²) in [5.74, 6) is -0.135. The number of H-pyrrole nitrogens is 1. The zero-order chi connectivity index (χ0) is 17.5. The number of carbonyl (C=O) groups is 1. The molecule has 1 unspecified atom stereocenters. The molecule has 0 aliphatic carbocycles. The molecule has 1 aromatic rings. The van der Waals surface area contributed by atoms with Gasteiger partial charge in [0.2, 0.25) is 10.0 Å². The zero-order valence-electron chi connectivity index (χ0n) is 14.4. The summed E-state index contributed by atoms with van der Waals surface area (Å²) in [4.78, 5) is 17.1. The molecular weight excluding hydrogens is 330 g/mol. The monoisotopic (exact) mass is 355 g/mol. The summed E-state index contributed by atoms with van der Waals surface area (Å²) in [5, 5.41) is 0. The van der Waals surface area contributed by atoms with Crippen LogP contribution in [0.1, 0.15) is 44.1 Å². The topological polar surface area (TPSA) is 82.7 Å². The molecule has 1 atom stereocenters. The number of sulfonamides is 1. The second kappa shape index (κ2) is 6.16. The predicted octanol–water partition coefficient (Wildman–Crippen LogP) is 1.44. The Hall–Kier alpha value is -1.38. The average Bonchev–Trinajstić information content (AvgIpc) is 3.16. The molecule has 134 valence electrons. The van der Waals surface area contributed by atoms with Crippen LogP contribution < -0.4 is 0 Å². The Morgan fingerprint density at radius 3 is 2.62 bits per heavy atom. The van der Waals surface area contributed by atoms with Crippen LogP contribution in [-0.4, -0.2) is 66.4 Å². The summed E-state index contributed by atoms with van der Waals surface area (Å²) >= 11 is 0. The number of nitrogens with zero attached hydrogens (tertiary/aromatic N) is 2. The maximum atomic E-state index is 12.9. The summed E-state index contributed by atoms with van der Waals surface area (Å²) in [7, 11) is -3.65. The molecule has 2 fully saturated rings. The number of morpholine rings is 1. The number of aromatic amines is 1. The van der Waals surface area contributed by atoms with Crippen molar-refractivity contribution in [3.8, 4) is 0 Å². The molecule has 1 N–H and O–H groups in total. The van der Waals surface area contributed by atoms with Crippen LogP contribution in [0.25, 0.3) is 0 Å². The molecule has 2 saturated heterocycles. The van der Waals surface area contributed by atoms with E-state index in [0.717, 1.165) is 25.9 Å². The maximum Gasteiger partial charge on any atom is 0.270 e. The Labute approximate surface area is 143 Å². The van der Waals surface area contributed by atoms with Gasteiger partial charge in [0.25, 0.3) is 5.91 Å². The highest BCUT2D eigenvalue weighted by Gasteiger charge is 2.38. The van der Waals surface area contributed by atoms with E-state index >= 15 is 0 Å². The quantitative estimate of drug-likeness (QED) is 0.889. The fourth-order valence-electron chi connectivity index (χ4n) is 3.46. The number of likely N-dealkylation sites (tertiary alicyclic amines) is 1. The molecule has 2 aliphatic heterocycles. The molecule has 0 aromatic carbocycles. The van der Waals surface area contributed by atoms with E-state index in [1.54, 1.807) is 4.90 Å². The molecule has 24 heavy (non-hydrogen) atoms. The van der Waals surface area contributed by atoms with Crippen molar-refractivity contribution in [1.29, 1.82) is 0 Å². The van der Waals surface area contributed by atoms with E-state index in [2.05, 4.69) is 4.98 Å². The third-order valence-corrected chi connectivity index (χ3v) is 6.25. The van der Waals surface area contributed by atoms with Crippen molar-refractivity contribution in [1.82, 2.24) is 14.2 Å². The minimum Gasteiger partial charge on any atom is -0.370 e. The van der Waals surface area contributed by atoms with E-state index in [9.17, 15) is 13.2 Å². The lowest BCUT2D eigenvalue weighted by Crippen LogP contribution is -2.53. The van der Waals surface area contributed by atoms with Crippen LogP contribution in [0, 0.1) is 0 Å². The van der Waals surface area contributed by atoms with E-state index in [1.165, 1.54) is 16.6 Å². The van der Waals surface area contributed by atoms with Crippen molar-refractivity contribution in [2.75, 3.05) is 26.2 Å². The van der Waals surface area contributed by atoms with E-state index < -0.39 is 15.6 Å². The van der Waals surface area contributed by atoms with Crippen molar-refractivity contribution in [3.05, 3.63) is 18.0 Å². The summed E-state index contributed by atoms with van der Waals surface area (Å²) in [6, 6.07) is 1.45. The summed E-state index contributed by atoms with van der Waals surface area (Å²) < 4.78 is 33.0. The van der Waals surface area contributed by atoms with Gasteiger partial charge in [-0.05, 0) is 39.7 Å². The molecule has 0 bridgehead atoms. The summed E-state index contributed by atoms with van der Waals surface area (Å²) in [6.45, 7) is 7.69. The lowest BCUT2D eigenvalue weighted by molar-refractivity contribution is -0.109. The van der Waals surface area contributed by atoms with Gasteiger partial charge in [0.15, 0.2) is 0 Å². The second-order valence-corrected chi connectivity index (χ2v) is 9.17. The van der Waals surface area contributed by atoms with E-state index in [0.29, 0.717) is 18.8 Å². The molecule has 0 saturated carbocycles. The predicted molar refractivity (Wildman–Crippen MR) is 89.3 cm³/mol. The number of hydrogen-bond donors (Lipinski definition) is 1. The maximum absolute atomic E-state index is 12.9. The third kappa shape index (κ3) is 3.36. The molecule has 0 radical (unpaired) electrons. The highest BCUT2D eigenvalue weighted by Crippen LogP contribution is 2.27. The van der Waals surface area contributed by atoms with Crippen molar-refractivity contribution in [3.63, 3.8) is 0 Å². The minimum absolute atomic E-state index is 0.134. The van der Waals surface area contributed by atoms with Gasteiger partial charge in [-0.2, -0.15) is 4.31 Å². The van der Waals surface area contributed by atoms with Gasteiger partial charge in [-0.3, -0.25) is 4.79 Å². The zero-order valence-corrected chi connectivity index (χ0v) is 15.2. The molecular formula is C16H25N3O4S. The van der Waals surface area contributed by atoms with Gasteiger partial charge in [-0.15, -0.1) is 0 Å². The van der Waals surface area contributed by atoms with E-state index in [4.69, 9.17) is 4.74 Å². The van der Waals surface area contributed by atoms with Gasteiger partial charge in [0, 0.05) is 32.4 Å². The van der Waals surface area contributed by atoms with Crippen LogP contribution in [0.2, 0.25) is 0 Å². The van der Waals surface area contributed by atoms with Gasteiger partial charge in [0.05, 0.1) is 11.7 Å². The number of nitrogens with one attached hydrogen (secondary N) is 1. The van der Waals surface area contributed by atoms with Gasteiger partial charge < -0.3 is 14.6 Å². The summed E-state index contributed by atoms with van der Waals surface area (Å²) in [5.41, 5.74) is -0.203. The van der Waals surface area contributed by atoms with Gasteiger partial charge in [0.1, 0.15) is 10.6 Å². The van der Waals surface area contributed by atoms with Gasteiger partial charge in [-0.25, -0.2) is 8.42 Å². The lowest BCUT2D eigenvalue weighted by Gasteiger charge is -2.40. The van der Waals surface area contributed by atoms with Crippen LogP contribution in [0.15, 0.2) is 17.2 Å². The Morgan fingerprint density at radius 1 is 1.33 bits per heavy atom. The Balaban J connectivity index is 1.81. The highest BCUT2D eigenvalue weighted by atomic mass is 32.2. The normalized spacial score (nSPS) is 25.1. The highest BCUT2D eigenvalue weighted by molar-refractivity contribution is 7.89. The number of hydrogen-bond acceptors (Lipinski definition) is 4. The third-order valence-electron chi connectivity index (χ3n) is 4.46. The number of aromatic nitrogens is 1. The van der Waals surface area contributed by atoms with Gasteiger partial charge in [-0.1, -0.05) is 0 Å². The number of amides is 1. The Bertz CT molecular complexity index is 719. The van der Waals surface area contributed by atoms with Crippen LogP contribution in [0.3, 0.4) is 0 Å². The smallest absolute Gasteiger partial charge is 0.270 e. The number of ether oxygens (including phenoxy) is 1. The van der Waals surface area contributed by atoms with Crippen LogP contribution in [0.4, 0.5) is 0 Å². The van der Waals surface area contributed by atoms with Crippen LogP contribution in [-0.2, 0) is 14.8 Å². The fraction of sp³-hybridized carbons (Fsp3) is 0.688. The molecule has 3 heterocycles. The molecule has 2 aliphatic rings. The van der Waals surface area contributed by atoms with Crippen molar-refractivity contribution in [2.24, 2.45) is 0 Å². The van der Waals surface area contributed by atoms with E-state index in [-0.39, 0.29) is 16.9 Å². The molecule has 1 aromatic heterocycles. The fourth-order valence-corrected chi connectivity index (χ4v) is 5.12.